The summed E-state index contributed by atoms with van der Waals surface area (Å²) in [5, 5.41) is 11.7. The maximum Gasteiger partial charge on any atom is 0.514 e. The molecule has 1 heterocycles. The molecule has 3 aromatic carbocycles. The van der Waals surface area contributed by atoms with Crippen molar-refractivity contribution in [3.63, 3.8) is 0 Å². The molecule has 6 nitrogen and oxygen atoms in total. The highest BCUT2D eigenvalue weighted by Crippen LogP contribution is 2.38. The van der Waals surface area contributed by atoms with Crippen molar-refractivity contribution in [1.82, 2.24) is 15.0 Å². The third-order valence-corrected chi connectivity index (χ3v) is 5.79. The van der Waals surface area contributed by atoms with E-state index in [2.05, 4.69) is 40.7 Å². The van der Waals surface area contributed by atoms with Crippen LogP contribution in [0, 0.1) is 5.41 Å². The Hall–Kier alpha value is -3.41. The molecule has 0 bridgehead atoms. The number of aromatic nitrogens is 3. The van der Waals surface area contributed by atoms with Gasteiger partial charge in [-0.1, -0.05) is 71.0 Å². The van der Waals surface area contributed by atoms with E-state index in [1.807, 2.05) is 48.5 Å². The molecule has 4 rings (SSSR count). The smallest absolute Gasteiger partial charge is 0.428 e. The SMILES string of the molecule is CC(C)(C)CC(C)(C)c1ccc(OC(=O)OC(C)(C)C)c(-n2nc3ccc4ccccc4c3n2)c1. The molecule has 0 unspecified atom stereocenters. The number of ether oxygens (including phenoxy) is 2. The lowest BCUT2D eigenvalue weighted by Crippen LogP contribution is -2.27. The Morgan fingerprint density at radius 3 is 2.29 bits per heavy atom. The number of carbonyl (C=O) groups excluding carboxylic acids is 1. The molecule has 0 atom stereocenters. The Morgan fingerprint density at radius 1 is 0.886 bits per heavy atom. The summed E-state index contributed by atoms with van der Waals surface area (Å²) in [7, 11) is 0. The summed E-state index contributed by atoms with van der Waals surface area (Å²) in [6, 6.07) is 17.9. The van der Waals surface area contributed by atoms with E-state index in [9.17, 15) is 4.79 Å². The van der Waals surface area contributed by atoms with Crippen LogP contribution in [0.25, 0.3) is 27.5 Å². The number of fused-ring (bicyclic) bond motifs is 3. The van der Waals surface area contributed by atoms with E-state index in [1.165, 1.54) is 0 Å². The first-order valence-corrected chi connectivity index (χ1v) is 12.0. The second-order valence-corrected chi connectivity index (χ2v) is 12.0. The summed E-state index contributed by atoms with van der Waals surface area (Å²) in [4.78, 5) is 14.1. The van der Waals surface area contributed by atoms with Gasteiger partial charge in [0.25, 0.3) is 0 Å². The summed E-state index contributed by atoms with van der Waals surface area (Å²) < 4.78 is 11.1. The Kier molecular flexibility index (Phi) is 6.12. The Balaban J connectivity index is 1.85. The molecule has 0 spiro atoms. The van der Waals surface area contributed by atoms with Gasteiger partial charge < -0.3 is 9.47 Å². The third-order valence-electron chi connectivity index (χ3n) is 5.79. The summed E-state index contributed by atoms with van der Waals surface area (Å²) in [6.07, 6.45) is 0.216. The lowest BCUT2D eigenvalue weighted by molar-refractivity contribution is 0.0205. The maximum atomic E-state index is 12.5. The van der Waals surface area contributed by atoms with Gasteiger partial charge in [0.2, 0.25) is 0 Å². The van der Waals surface area contributed by atoms with Gasteiger partial charge in [0.1, 0.15) is 22.3 Å². The molecular weight excluding hydrogens is 438 g/mol. The highest BCUT2D eigenvalue weighted by atomic mass is 16.7. The van der Waals surface area contributed by atoms with Crippen molar-refractivity contribution in [1.29, 1.82) is 0 Å². The van der Waals surface area contributed by atoms with E-state index in [1.54, 1.807) is 25.6 Å². The molecule has 6 heteroatoms. The van der Waals surface area contributed by atoms with Crippen molar-refractivity contribution in [3.8, 4) is 11.4 Å². The van der Waals surface area contributed by atoms with Crippen LogP contribution in [-0.4, -0.2) is 26.8 Å². The third kappa shape index (κ3) is 5.64. The largest absolute Gasteiger partial charge is 0.514 e. The topological polar surface area (TPSA) is 66.2 Å². The molecule has 184 valence electrons. The molecule has 0 N–H and O–H groups in total. The molecule has 0 aliphatic rings. The first-order chi connectivity index (χ1) is 16.2. The average molecular weight is 474 g/mol. The summed E-state index contributed by atoms with van der Waals surface area (Å²) in [5.41, 5.74) is 2.64. The van der Waals surface area contributed by atoms with Crippen molar-refractivity contribution in [2.45, 2.75) is 72.8 Å². The molecular formula is C29H35N3O3. The second kappa shape index (κ2) is 8.67. The quantitative estimate of drug-likeness (QED) is 0.225. The van der Waals surface area contributed by atoms with Gasteiger partial charge in [0.05, 0.1) is 0 Å². The number of rotatable bonds is 4. The van der Waals surface area contributed by atoms with Gasteiger partial charge in [0.15, 0.2) is 5.75 Å². The zero-order chi connectivity index (χ0) is 25.6. The number of benzene rings is 3. The normalized spacial score (nSPS) is 12.8. The van der Waals surface area contributed by atoms with Crippen LogP contribution in [0.4, 0.5) is 4.79 Å². The highest BCUT2D eigenvalue weighted by Gasteiger charge is 2.29. The van der Waals surface area contributed by atoms with Crippen LogP contribution in [0.5, 0.6) is 5.75 Å². The molecule has 0 radical (unpaired) electrons. The van der Waals surface area contributed by atoms with Gasteiger partial charge in [-0.05, 0) is 67.2 Å². The fourth-order valence-corrected chi connectivity index (χ4v) is 4.73. The average Bonchev–Trinajstić information content (AvgIpc) is 3.15. The summed E-state index contributed by atoms with van der Waals surface area (Å²) >= 11 is 0. The van der Waals surface area contributed by atoms with Crippen molar-refractivity contribution in [2.75, 3.05) is 0 Å². The minimum atomic E-state index is -0.761. The minimum absolute atomic E-state index is 0.114. The first-order valence-electron chi connectivity index (χ1n) is 12.0. The van der Waals surface area contributed by atoms with E-state index in [0.717, 1.165) is 33.8 Å². The van der Waals surface area contributed by atoms with Crippen molar-refractivity contribution in [3.05, 3.63) is 60.2 Å². The zero-order valence-corrected chi connectivity index (χ0v) is 22.0. The number of carbonyl (C=O) groups is 1. The van der Waals surface area contributed by atoms with E-state index < -0.39 is 11.8 Å². The fourth-order valence-electron chi connectivity index (χ4n) is 4.73. The van der Waals surface area contributed by atoms with E-state index in [4.69, 9.17) is 19.7 Å². The van der Waals surface area contributed by atoms with Crippen molar-refractivity contribution >= 4 is 28.0 Å². The molecule has 0 saturated carbocycles. The lowest BCUT2D eigenvalue weighted by atomic mass is 9.72. The van der Waals surface area contributed by atoms with Crippen molar-refractivity contribution in [2.24, 2.45) is 5.41 Å². The molecule has 0 saturated heterocycles. The van der Waals surface area contributed by atoms with Gasteiger partial charge in [-0.2, -0.15) is 0 Å². The molecule has 0 aliphatic carbocycles. The van der Waals surface area contributed by atoms with Gasteiger partial charge in [-0.15, -0.1) is 15.0 Å². The van der Waals surface area contributed by atoms with Gasteiger partial charge in [0, 0.05) is 5.39 Å². The lowest BCUT2D eigenvalue weighted by Gasteiger charge is -2.33. The fraction of sp³-hybridized carbons (Fsp3) is 0.414. The standard InChI is InChI=1S/C29H35N3O3/c1-27(2,3)18-29(7,8)20-14-16-24(34-26(33)35-28(4,5)6)23(17-20)32-30-22-15-13-19-11-9-10-12-21(19)25(22)31-32/h9-17H,18H2,1-8H3. The van der Waals surface area contributed by atoms with Gasteiger partial charge in [-0.3, -0.25) is 0 Å². The van der Waals surface area contributed by atoms with Crippen LogP contribution < -0.4 is 4.74 Å². The Morgan fingerprint density at radius 2 is 1.60 bits per heavy atom. The highest BCUT2D eigenvalue weighted by molar-refractivity contribution is 6.03. The minimum Gasteiger partial charge on any atom is -0.428 e. The van der Waals surface area contributed by atoms with Crippen LogP contribution in [0.2, 0.25) is 0 Å². The number of hydrogen-bond acceptors (Lipinski definition) is 5. The summed E-state index contributed by atoms with van der Waals surface area (Å²) in [5.74, 6) is 0.346. The zero-order valence-electron chi connectivity index (χ0n) is 22.0. The van der Waals surface area contributed by atoms with Gasteiger partial charge in [-0.25, -0.2) is 4.79 Å². The number of nitrogens with zero attached hydrogens (tertiary/aromatic N) is 3. The van der Waals surface area contributed by atoms with Crippen molar-refractivity contribution < 1.29 is 14.3 Å². The van der Waals surface area contributed by atoms with Crippen LogP contribution in [0.3, 0.4) is 0 Å². The molecule has 0 amide bonds. The predicted octanol–water partition coefficient (Wildman–Crippen LogP) is 7.60. The van der Waals surface area contributed by atoms with Crippen LogP contribution in [0.15, 0.2) is 54.6 Å². The van der Waals surface area contributed by atoms with Crippen LogP contribution >= 0.6 is 0 Å². The molecule has 1 aromatic heterocycles. The van der Waals surface area contributed by atoms with E-state index in [-0.39, 0.29) is 10.8 Å². The van der Waals surface area contributed by atoms with E-state index >= 15 is 0 Å². The summed E-state index contributed by atoms with van der Waals surface area (Å²) in [6.45, 7) is 16.6. The monoisotopic (exact) mass is 473 g/mol. The first kappa shape index (κ1) is 24.7. The Labute approximate surface area is 207 Å². The van der Waals surface area contributed by atoms with E-state index in [0.29, 0.717) is 11.4 Å². The molecule has 0 aliphatic heterocycles. The van der Waals surface area contributed by atoms with Crippen LogP contribution in [-0.2, 0) is 10.2 Å². The second-order valence-electron chi connectivity index (χ2n) is 12.0. The molecule has 35 heavy (non-hydrogen) atoms. The predicted molar refractivity (Wildman–Crippen MR) is 140 cm³/mol. The number of hydrogen-bond donors (Lipinski definition) is 0. The maximum absolute atomic E-state index is 12.5. The van der Waals surface area contributed by atoms with Gasteiger partial charge >= 0.3 is 6.16 Å². The Bertz CT molecular complexity index is 1390. The van der Waals surface area contributed by atoms with Crippen LogP contribution in [0.1, 0.15) is 67.4 Å². The molecule has 4 aromatic rings. The molecule has 0 fully saturated rings.